The first kappa shape index (κ1) is 19.5. The van der Waals surface area contributed by atoms with Gasteiger partial charge in [-0.1, -0.05) is 36.4 Å². The van der Waals surface area contributed by atoms with Crippen molar-refractivity contribution in [2.45, 2.75) is 12.4 Å². The Bertz CT molecular complexity index is 781. The Labute approximate surface area is 152 Å². The van der Waals surface area contributed by atoms with Gasteiger partial charge in [-0.2, -0.15) is 8.78 Å². The molecule has 6 nitrogen and oxygen atoms in total. The molecule has 2 aromatic carbocycles. The molecule has 0 bridgehead atoms. The molecular weight excluding hydrogens is 364 g/mol. The van der Waals surface area contributed by atoms with Crippen LogP contribution in [0.5, 0.6) is 5.75 Å². The summed E-state index contributed by atoms with van der Waals surface area (Å²) in [6, 6.07) is 13.8. The molecule has 0 unspecified atom stereocenters. The van der Waals surface area contributed by atoms with Crippen LogP contribution in [0, 0.1) is 0 Å². The molecule has 9 heteroatoms. The molecule has 26 heavy (non-hydrogen) atoms. The third-order valence-electron chi connectivity index (χ3n) is 3.36. The highest BCUT2D eigenvalue weighted by molar-refractivity contribution is 8.02. The summed E-state index contributed by atoms with van der Waals surface area (Å²) in [5.41, 5.74) is 10.1. The van der Waals surface area contributed by atoms with Crippen LogP contribution in [0.25, 0.3) is 11.1 Å². The van der Waals surface area contributed by atoms with Crippen molar-refractivity contribution in [2.75, 3.05) is 0 Å². The summed E-state index contributed by atoms with van der Waals surface area (Å²) in [4.78, 5) is 10.9. The lowest BCUT2D eigenvalue weighted by Crippen LogP contribution is -2.26. The molecule has 0 fully saturated rings. The van der Waals surface area contributed by atoms with Crippen LogP contribution < -0.4 is 21.7 Å². The molecule has 0 amide bonds. The van der Waals surface area contributed by atoms with Crippen molar-refractivity contribution < 1.29 is 23.4 Å². The number of thioether (sulfide) groups is 1. The summed E-state index contributed by atoms with van der Waals surface area (Å²) in [5, 5.41) is 9.05. The number of nitrogens with two attached hydrogens (primary N) is 2. The van der Waals surface area contributed by atoms with E-state index < -0.39 is 12.6 Å². The molecule has 2 aromatic rings. The van der Waals surface area contributed by atoms with Crippen LogP contribution in [0.2, 0.25) is 0 Å². The molecule has 0 spiro atoms. The summed E-state index contributed by atoms with van der Waals surface area (Å²) in [6.45, 7) is -2.85. The number of alkyl halides is 2. The van der Waals surface area contributed by atoms with Crippen molar-refractivity contribution in [1.29, 1.82) is 0 Å². The van der Waals surface area contributed by atoms with E-state index in [0.717, 1.165) is 16.7 Å². The highest BCUT2D eigenvalue weighted by atomic mass is 32.2. The number of benzene rings is 2. The third kappa shape index (κ3) is 5.36. The van der Waals surface area contributed by atoms with E-state index in [-0.39, 0.29) is 16.5 Å². The Balaban J connectivity index is 2.04. The van der Waals surface area contributed by atoms with Gasteiger partial charge in [-0.3, -0.25) is 0 Å². The number of hydrogen-bond donors (Lipinski definition) is 4. The van der Waals surface area contributed by atoms with Crippen molar-refractivity contribution in [3.8, 4) is 16.9 Å². The maximum absolute atomic E-state index is 12.2. The second kappa shape index (κ2) is 9.07. The number of nitrogens with one attached hydrogen (secondary N) is 1. The Morgan fingerprint density at radius 3 is 2.12 bits per heavy atom. The molecule has 6 N–H and O–H groups in total. The molecule has 0 heterocycles. The summed E-state index contributed by atoms with van der Waals surface area (Å²) >= 11 is 1.17. The third-order valence-corrected chi connectivity index (χ3v) is 4.46. The quantitative estimate of drug-likeness (QED) is 0.316. The molecule has 0 radical (unpaired) electrons. The van der Waals surface area contributed by atoms with Gasteiger partial charge < -0.3 is 21.0 Å². The average Bonchev–Trinajstić information content (AvgIpc) is 2.62. The van der Waals surface area contributed by atoms with Crippen LogP contribution in [0.15, 0.2) is 59.3 Å². The number of carboxylic acid groups (broad SMARTS) is 1. The first-order valence-corrected chi connectivity index (χ1v) is 8.36. The zero-order chi connectivity index (χ0) is 19.1. The molecule has 138 valence electrons. The maximum atomic E-state index is 12.2. The van der Waals surface area contributed by atoms with Crippen LogP contribution in [0.1, 0.15) is 5.56 Å². The molecule has 0 aliphatic heterocycles. The number of hydrogen-bond acceptors (Lipinski definition) is 6. The van der Waals surface area contributed by atoms with Gasteiger partial charge >= 0.3 is 12.6 Å². The Kier molecular flexibility index (Phi) is 6.81. The Hall–Kier alpha value is -2.78. The fourth-order valence-electron chi connectivity index (χ4n) is 2.07. The minimum atomic E-state index is -2.85. The minimum Gasteiger partial charge on any atom is -0.477 e. The highest BCUT2D eigenvalue weighted by Crippen LogP contribution is 2.26. The van der Waals surface area contributed by atoms with Crippen molar-refractivity contribution in [2.24, 2.45) is 11.6 Å². The van der Waals surface area contributed by atoms with Gasteiger partial charge in [0.25, 0.3) is 0 Å². The van der Waals surface area contributed by atoms with Gasteiger partial charge in [-0.05, 0) is 28.8 Å². The van der Waals surface area contributed by atoms with Crippen molar-refractivity contribution >= 4 is 17.7 Å². The number of halogens is 2. The Morgan fingerprint density at radius 2 is 1.65 bits per heavy atom. The van der Waals surface area contributed by atoms with E-state index in [1.54, 1.807) is 12.1 Å². The number of hydrazine groups is 1. The van der Waals surface area contributed by atoms with Crippen molar-refractivity contribution in [3.05, 3.63) is 64.8 Å². The lowest BCUT2D eigenvalue weighted by Gasteiger charge is -2.09. The fourth-order valence-corrected chi connectivity index (χ4v) is 2.90. The summed E-state index contributed by atoms with van der Waals surface area (Å²) in [7, 11) is 0. The first-order valence-electron chi connectivity index (χ1n) is 7.37. The van der Waals surface area contributed by atoms with E-state index in [2.05, 4.69) is 10.2 Å². The first-order chi connectivity index (χ1) is 12.4. The summed E-state index contributed by atoms with van der Waals surface area (Å²) < 4.78 is 28.6. The van der Waals surface area contributed by atoms with Gasteiger partial charge in [-0.25, -0.2) is 10.6 Å². The van der Waals surface area contributed by atoms with Crippen LogP contribution in [0.3, 0.4) is 0 Å². The van der Waals surface area contributed by atoms with E-state index in [1.807, 2.05) is 24.3 Å². The number of carboxylic acids is 1. The van der Waals surface area contributed by atoms with E-state index in [9.17, 15) is 13.6 Å². The molecule has 0 aliphatic carbocycles. The van der Waals surface area contributed by atoms with Crippen molar-refractivity contribution in [1.82, 2.24) is 5.43 Å². The molecule has 0 aliphatic rings. The molecule has 0 aromatic heterocycles. The molecule has 0 saturated carbocycles. The standard InChI is InChI=1S/C17H17F2N3O3S/c18-17(19)25-13-7-5-12(6-8-13)11-3-1-10(2-4-11)9-26-15(22-21)14(20)16(23)24/h1-8,17,22H,9,20-21H2,(H,23,24)/b15-14+. The van der Waals surface area contributed by atoms with Gasteiger partial charge in [-0.15, -0.1) is 11.8 Å². The highest BCUT2D eigenvalue weighted by Gasteiger charge is 2.10. The number of carbonyl (C=O) groups is 1. The normalized spacial score (nSPS) is 11.8. The molecule has 0 saturated heterocycles. The lowest BCUT2D eigenvalue weighted by molar-refractivity contribution is -0.132. The van der Waals surface area contributed by atoms with E-state index in [0.29, 0.717) is 5.75 Å². The predicted octanol–water partition coefficient (Wildman–Crippen LogP) is 2.86. The maximum Gasteiger partial charge on any atom is 0.387 e. The van der Waals surface area contributed by atoms with Gasteiger partial charge in [0.05, 0.1) is 0 Å². The smallest absolute Gasteiger partial charge is 0.387 e. The van der Waals surface area contributed by atoms with E-state index in [1.165, 1.54) is 23.9 Å². The van der Waals surface area contributed by atoms with Crippen LogP contribution in [0.4, 0.5) is 8.78 Å². The fraction of sp³-hybridized carbons (Fsp3) is 0.118. The van der Waals surface area contributed by atoms with Gasteiger partial charge in [0.15, 0.2) is 0 Å². The largest absolute Gasteiger partial charge is 0.477 e. The van der Waals surface area contributed by atoms with E-state index >= 15 is 0 Å². The van der Waals surface area contributed by atoms with Gasteiger partial charge in [0, 0.05) is 5.75 Å². The molecular formula is C17H17F2N3O3S. The lowest BCUT2D eigenvalue weighted by atomic mass is 10.0. The predicted molar refractivity (Wildman–Crippen MR) is 96.0 cm³/mol. The monoisotopic (exact) mass is 381 g/mol. The van der Waals surface area contributed by atoms with Gasteiger partial charge in [0.1, 0.15) is 16.5 Å². The summed E-state index contributed by atoms with van der Waals surface area (Å²) in [6.07, 6.45) is 0. The van der Waals surface area contributed by atoms with Gasteiger partial charge in [0.2, 0.25) is 0 Å². The van der Waals surface area contributed by atoms with Crippen LogP contribution >= 0.6 is 11.8 Å². The second-order valence-corrected chi connectivity index (χ2v) is 6.07. The van der Waals surface area contributed by atoms with Crippen LogP contribution in [-0.2, 0) is 10.5 Å². The van der Waals surface area contributed by atoms with Crippen LogP contribution in [-0.4, -0.2) is 17.7 Å². The Morgan fingerprint density at radius 1 is 1.12 bits per heavy atom. The number of ether oxygens (including phenoxy) is 1. The zero-order valence-corrected chi connectivity index (χ0v) is 14.3. The average molecular weight is 381 g/mol. The second-order valence-electron chi connectivity index (χ2n) is 5.08. The minimum absolute atomic E-state index is 0.0985. The topological polar surface area (TPSA) is 111 Å². The van der Waals surface area contributed by atoms with Crippen molar-refractivity contribution in [3.63, 3.8) is 0 Å². The number of aliphatic carboxylic acids is 1. The number of rotatable bonds is 8. The van der Waals surface area contributed by atoms with E-state index in [4.69, 9.17) is 16.7 Å². The molecule has 2 rings (SSSR count). The zero-order valence-electron chi connectivity index (χ0n) is 13.5. The molecule has 0 atom stereocenters. The SMILES string of the molecule is NN/C(SCc1ccc(-c2ccc(OC(F)F)cc2)cc1)=C(\N)C(=O)O. The summed E-state index contributed by atoms with van der Waals surface area (Å²) in [5.74, 6) is 4.60.